The van der Waals surface area contributed by atoms with Gasteiger partial charge >= 0.3 is 6.18 Å². The average molecular weight is 251 g/mol. The van der Waals surface area contributed by atoms with Crippen LogP contribution in [0.25, 0.3) is 11.1 Å². The number of nitrogens with two attached hydrogens (primary N) is 1. The highest BCUT2D eigenvalue weighted by molar-refractivity contribution is 5.69. The van der Waals surface area contributed by atoms with Gasteiger partial charge in [-0.05, 0) is 41.8 Å². The molecule has 0 fully saturated rings. The number of halogens is 3. The smallest absolute Gasteiger partial charge is 0.398 e. The molecule has 0 unspecified atom stereocenters. The van der Waals surface area contributed by atoms with Crippen molar-refractivity contribution < 1.29 is 13.2 Å². The van der Waals surface area contributed by atoms with Crippen LogP contribution in [-0.2, 0) is 6.18 Å². The normalized spacial score (nSPS) is 11.6. The molecule has 0 aromatic heterocycles. The lowest BCUT2D eigenvalue weighted by molar-refractivity contribution is -0.137. The van der Waals surface area contributed by atoms with Crippen LogP contribution in [-0.4, -0.2) is 0 Å². The number of hydrogen-bond acceptors (Lipinski definition) is 1. The second kappa shape index (κ2) is 4.37. The number of anilines is 1. The average Bonchev–Trinajstić information content (AvgIpc) is 2.32. The van der Waals surface area contributed by atoms with E-state index in [0.717, 1.165) is 28.8 Å². The Hall–Kier alpha value is -1.97. The zero-order valence-corrected chi connectivity index (χ0v) is 9.75. The Kier molecular flexibility index (Phi) is 3.03. The molecule has 0 amide bonds. The number of nitrogen functional groups attached to an aromatic ring is 1. The van der Waals surface area contributed by atoms with Gasteiger partial charge in [0, 0.05) is 5.69 Å². The van der Waals surface area contributed by atoms with Gasteiger partial charge < -0.3 is 5.73 Å². The lowest BCUT2D eigenvalue weighted by atomic mass is 10.0. The maximum atomic E-state index is 12.4. The molecule has 0 bridgehead atoms. The number of benzene rings is 2. The summed E-state index contributed by atoms with van der Waals surface area (Å²) in [5, 5.41) is 0. The van der Waals surface area contributed by atoms with E-state index in [1.807, 2.05) is 19.1 Å². The van der Waals surface area contributed by atoms with Crippen LogP contribution in [0.1, 0.15) is 11.1 Å². The number of hydrogen-bond donors (Lipinski definition) is 1. The van der Waals surface area contributed by atoms with E-state index < -0.39 is 11.7 Å². The molecular formula is C14H12F3N. The van der Waals surface area contributed by atoms with Gasteiger partial charge in [-0.25, -0.2) is 0 Å². The fourth-order valence-electron chi connectivity index (χ4n) is 1.67. The van der Waals surface area contributed by atoms with Crippen LogP contribution >= 0.6 is 0 Å². The summed E-state index contributed by atoms with van der Waals surface area (Å²) in [6.45, 7) is 1.88. The van der Waals surface area contributed by atoms with Crippen molar-refractivity contribution in [3.63, 3.8) is 0 Å². The highest BCUT2D eigenvalue weighted by Crippen LogP contribution is 2.31. The summed E-state index contributed by atoms with van der Waals surface area (Å²) in [6, 6.07) is 10.5. The first kappa shape index (κ1) is 12.5. The summed E-state index contributed by atoms with van der Waals surface area (Å²) >= 11 is 0. The van der Waals surface area contributed by atoms with Crippen molar-refractivity contribution in [1.29, 1.82) is 0 Å². The fraction of sp³-hybridized carbons (Fsp3) is 0.143. The topological polar surface area (TPSA) is 26.0 Å². The van der Waals surface area contributed by atoms with Gasteiger partial charge in [0.15, 0.2) is 0 Å². The minimum absolute atomic E-state index is 0.632. The largest absolute Gasteiger partial charge is 0.416 e. The van der Waals surface area contributed by atoms with Crippen molar-refractivity contribution in [2.45, 2.75) is 13.1 Å². The predicted octanol–water partition coefficient (Wildman–Crippen LogP) is 4.26. The first-order valence-corrected chi connectivity index (χ1v) is 5.42. The molecule has 4 heteroatoms. The third-order valence-corrected chi connectivity index (χ3v) is 2.82. The third-order valence-electron chi connectivity index (χ3n) is 2.82. The number of alkyl halides is 3. The molecule has 2 aromatic rings. The quantitative estimate of drug-likeness (QED) is 0.753. The van der Waals surface area contributed by atoms with Crippen molar-refractivity contribution in [3.8, 4) is 11.1 Å². The molecule has 0 atom stereocenters. The highest BCUT2D eigenvalue weighted by atomic mass is 19.4. The molecule has 0 saturated carbocycles. The Morgan fingerprint density at radius 2 is 1.44 bits per heavy atom. The lowest BCUT2D eigenvalue weighted by Gasteiger charge is -2.09. The molecule has 18 heavy (non-hydrogen) atoms. The fourth-order valence-corrected chi connectivity index (χ4v) is 1.67. The molecular weight excluding hydrogens is 239 g/mol. The summed E-state index contributed by atoms with van der Waals surface area (Å²) < 4.78 is 37.3. The summed E-state index contributed by atoms with van der Waals surface area (Å²) in [4.78, 5) is 0. The van der Waals surface area contributed by atoms with E-state index in [2.05, 4.69) is 0 Å². The first-order valence-electron chi connectivity index (χ1n) is 5.42. The van der Waals surface area contributed by atoms with Crippen LogP contribution in [0.15, 0.2) is 42.5 Å². The predicted molar refractivity (Wildman–Crippen MR) is 66.0 cm³/mol. The molecule has 0 aliphatic carbocycles. The van der Waals surface area contributed by atoms with E-state index in [1.165, 1.54) is 12.1 Å². The van der Waals surface area contributed by atoms with Gasteiger partial charge in [0.05, 0.1) is 5.56 Å². The molecule has 2 aromatic carbocycles. The van der Waals surface area contributed by atoms with Crippen LogP contribution in [0.4, 0.5) is 18.9 Å². The highest BCUT2D eigenvalue weighted by Gasteiger charge is 2.29. The second-order valence-corrected chi connectivity index (χ2v) is 4.15. The third kappa shape index (κ3) is 2.47. The summed E-state index contributed by atoms with van der Waals surface area (Å²) in [5.41, 5.74) is 8.24. The first-order chi connectivity index (χ1) is 8.38. The van der Waals surface area contributed by atoms with Crippen LogP contribution in [0.3, 0.4) is 0 Å². The molecule has 94 valence electrons. The molecule has 0 spiro atoms. The van der Waals surface area contributed by atoms with Gasteiger partial charge in [-0.15, -0.1) is 0 Å². The van der Waals surface area contributed by atoms with Gasteiger partial charge in [0.2, 0.25) is 0 Å². The van der Waals surface area contributed by atoms with Gasteiger partial charge in [0.25, 0.3) is 0 Å². The molecule has 2 rings (SSSR count). The maximum Gasteiger partial charge on any atom is 0.416 e. The van der Waals surface area contributed by atoms with Crippen molar-refractivity contribution in [1.82, 2.24) is 0 Å². The van der Waals surface area contributed by atoms with E-state index in [9.17, 15) is 13.2 Å². The number of aryl methyl sites for hydroxylation is 1. The number of rotatable bonds is 1. The molecule has 0 aliphatic rings. The van der Waals surface area contributed by atoms with Gasteiger partial charge in [-0.1, -0.05) is 24.3 Å². The van der Waals surface area contributed by atoms with E-state index in [0.29, 0.717) is 5.69 Å². The Morgan fingerprint density at radius 1 is 0.889 bits per heavy atom. The monoisotopic (exact) mass is 251 g/mol. The molecule has 0 heterocycles. The molecule has 1 nitrogen and oxygen atoms in total. The maximum absolute atomic E-state index is 12.4. The molecule has 2 N–H and O–H groups in total. The minimum Gasteiger partial charge on any atom is -0.398 e. The van der Waals surface area contributed by atoms with Gasteiger partial charge in [-0.2, -0.15) is 13.2 Å². The Labute approximate surface area is 103 Å². The second-order valence-electron chi connectivity index (χ2n) is 4.15. The molecule has 0 aliphatic heterocycles. The molecule has 0 saturated heterocycles. The van der Waals surface area contributed by atoms with E-state index in [4.69, 9.17) is 5.73 Å². The van der Waals surface area contributed by atoms with Crippen LogP contribution in [0.5, 0.6) is 0 Å². The van der Waals surface area contributed by atoms with Gasteiger partial charge in [0.1, 0.15) is 0 Å². The van der Waals surface area contributed by atoms with Crippen LogP contribution < -0.4 is 5.73 Å². The Bertz CT molecular complexity index is 556. The lowest BCUT2D eigenvalue weighted by Crippen LogP contribution is -2.04. The summed E-state index contributed by atoms with van der Waals surface area (Å²) in [6.07, 6.45) is -4.30. The molecule has 0 radical (unpaired) electrons. The van der Waals surface area contributed by atoms with Crippen LogP contribution in [0.2, 0.25) is 0 Å². The van der Waals surface area contributed by atoms with E-state index in [-0.39, 0.29) is 0 Å². The van der Waals surface area contributed by atoms with E-state index in [1.54, 1.807) is 6.07 Å². The zero-order chi connectivity index (χ0) is 13.3. The SMILES string of the molecule is Cc1ccc(-c2ccc(C(F)(F)F)cc2)cc1N. The summed E-state index contributed by atoms with van der Waals surface area (Å²) in [5.74, 6) is 0. The van der Waals surface area contributed by atoms with Gasteiger partial charge in [-0.3, -0.25) is 0 Å². The van der Waals surface area contributed by atoms with Crippen molar-refractivity contribution in [2.24, 2.45) is 0 Å². The van der Waals surface area contributed by atoms with Crippen LogP contribution in [0, 0.1) is 6.92 Å². The Balaban J connectivity index is 2.37. The van der Waals surface area contributed by atoms with E-state index >= 15 is 0 Å². The van der Waals surface area contributed by atoms with Crippen molar-refractivity contribution in [2.75, 3.05) is 5.73 Å². The minimum atomic E-state index is -4.30. The zero-order valence-electron chi connectivity index (χ0n) is 9.75. The Morgan fingerprint density at radius 3 is 1.94 bits per heavy atom. The van der Waals surface area contributed by atoms with Crippen molar-refractivity contribution >= 4 is 5.69 Å². The van der Waals surface area contributed by atoms with Crippen molar-refractivity contribution in [3.05, 3.63) is 53.6 Å². The summed E-state index contributed by atoms with van der Waals surface area (Å²) in [7, 11) is 0. The standard InChI is InChI=1S/C14H12F3N/c1-9-2-3-11(8-13(9)18)10-4-6-12(7-5-10)14(15,16)17/h2-8H,18H2,1H3.